The first-order chi connectivity index (χ1) is 14.6. The van der Waals surface area contributed by atoms with E-state index in [0.29, 0.717) is 22.2 Å². The Kier molecular flexibility index (Phi) is 5.22. The van der Waals surface area contributed by atoms with E-state index < -0.39 is 5.56 Å². The minimum Gasteiger partial charge on any atom is -0.409 e. The number of rotatable bonds is 4. The third kappa shape index (κ3) is 3.51. The maximum absolute atomic E-state index is 13.1. The number of nitrogens with zero attached hydrogens (tertiary/aromatic N) is 3. The van der Waals surface area contributed by atoms with Crippen LogP contribution in [0.25, 0.3) is 22.2 Å². The maximum Gasteiger partial charge on any atom is 0.299 e. The van der Waals surface area contributed by atoms with Crippen molar-refractivity contribution >= 4 is 16.7 Å². The van der Waals surface area contributed by atoms with Crippen molar-refractivity contribution in [2.24, 2.45) is 5.16 Å². The average Bonchev–Trinajstić information content (AvgIpc) is 2.89. The highest BCUT2D eigenvalue weighted by molar-refractivity contribution is 5.98. The lowest BCUT2D eigenvalue weighted by Gasteiger charge is -2.09. The number of hydrogen-bond acceptors (Lipinski definition) is 5. The first-order valence-electron chi connectivity index (χ1n) is 9.46. The fourth-order valence-corrected chi connectivity index (χ4v) is 3.51. The Hall–Kier alpha value is -4.06. The number of ketones is 1. The van der Waals surface area contributed by atoms with Crippen molar-refractivity contribution in [1.82, 2.24) is 9.55 Å². The molecule has 6 nitrogen and oxygen atoms in total. The molecule has 0 aliphatic heterocycles. The van der Waals surface area contributed by atoms with Crippen LogP contribution in [-0.2, 0) is 6.54 Å². The van der Waals surface area contributed by atoms with Gasteiger partial charge in [0.25, 0.3) is 11.0 Å². The topological polar surface area (TPSA) is 84.5 Å². The molecule has 148 valence electrons. The number of aromatic nitrogens is 2. The molecule has 0 aliphatic carbocycles. The summed E-state index contributed by atoms with van der Waals surface area (Å²) in [4.78, 5) is 30.5. The van der Waals surface area contributed by atoms with E-state index in [2.05, 4.69) is 10.1 Å². The van der Waals surface area contributed by atoms with E-state index in [9.17, 15) is 14.8 Å². The summed E-state index contributed by atoms with van der Waals surface area (Å²) in [6.45, 7) is 1.65. The zero-order valence-corrected chi connectivity index (χ0v) is 16.3. The van der Waals surface area contributed by atoms with E-state index in [1.807, 2.05) is 61.5 Å². The van der Waals surface area contributed by atoms with Gasteiger partial charge in [0.1, 0.15) is 0 Å². The van der Waals surface area contributed by atoms with Gasteiger partial charge in [-0.3, -0.25) is 14.2 Å². The highest BCUT2D eigenvalue weighted by Gasteiger charge is 2.15. The first-order valence-corrected chi connectivity index (χ1v) is 9.46. The molecule has 0 atom stereocenters. The van der Waals surface area contributed by atoms with Crippen LogP contribution < -0.4 is 11.0 Å². The van der Waals surface area contributed by atoms with Crippen molar-refractivity contribution in [3.05, 3.63) is 106 Å². The fourth-order valence-electron chi connectivity index (χ4n) is 3.51. The van der Waals surface area contributed by atoms with Crippen LogP contribution in [0.5, 0.6) is 0 Å². The average molecular weight is 397 g/mol. The van der Waals surface area contributed by atoms with Gasteiger partial charge in [0.05, 0.1) is 17.8 Å². The van der Waals surface area contributed by atoms with Gasteiger partial charge in [-0.05, 0) is 18.6 Å². The largest absolute Gasteiger partial charge is 0.409 e. The van der Waals surface area contributed by atoms with E-state index in [1.54, 1.807) is 24.3 Å². The summed E-state index contributed by atoms with van der Waals surface area (Å²) in [6.07, 6.45) is 0. The lowest BCUT2D eigenvalue weighted by atomic mass is 10.0. The van der Waals surface area contributed by atoms with Crippen LogP contribution in [0.4, 0.5) is 0 Å². The van der Waals surface area contributed by atoms with Crippen molar-refractivity contribution in [3.63, 3.8) is 0 Å². The minimum absolute atomic E-state index is 0.197. The summed E-state index contributed by atoms with van der Waals surface area (Å²) >= 11 is 0. The number of Topliss-reactive ketones (excluding diaryl/α,β-unsaturated/α-hetero) is 1. The molecule has 4 rings (SSSR count). The molecule has 0 spiro atoms. The predicted octanol–water partition coefficient (Wildman–Crippen LogP) is 3.54. The number of hydrogen-bond donors (Lipinski definition) is 1. The second kappa shape index (κ2) is 8.13. The Morgan fingerprint density at radius 2 is 1.63 bits per heavy atom. The van der Waals surface area contributed by atoms with Crippen LogP contribution in [0.2, 0.25) is 0 Å². The lowest BCUT2D eigenvalue weighted by Crippen LogP contribution is -2.36. The quantitative estimate of drug-likeness (QED) is 0.324. The number of benzene rings is 3. The van der Waals surface area contributed by atoms with Gasteiger partial charge in [-0.1, -0.05) is 78.0 Å². The van der Waals surface area contributed by atoms with Crippen molar-refractivity contribution in [2.75, 3.05) is 0 Å². The Morgan fingerprint density at radius 1 is 0.967 bits per heavy atom. The number of fused-ring (bicyclic) bond motifs is 1. The summed E-state index contributed by atoms with van der Waals surface area (Å²) in [5, 5.41) is 13.3. The summed E-state index contributed by atoms with van der Waals surface area (Å²) in [7, 11) is 0. The molecule has 30 heavy (non-hydrogen) atoms. The molecule has 1 N–H and O–H groups in total. The van der Waals surface area contributed by atoms with Gasteiger partial charge in [-0.15, -0.1) is 0 Å². The second-order valence-corrected chi connectivity index (χ2v) is 6.90. The van der Waals surface area contributed by atoms with E-state index >= 15 is 0 Å². The minimum atomic E-state index is -0.641. The molecule has 0 radical (unpaired) electrons. The first kappa shape index (κ1) is 19.3. The molecule has 1 heterocycles. The molecule has 0 bridgehead atoms. The van der Waals surface area contributed by atoms with Crippen LogP contribution in [0.3, 0.4) is 0 Å². The zero-order valence-electron chi connectivity index (χ0n) is 16.3. The summed E-state index contributed by atoms with van der Waals surface area (Å²) in [6, 6.07) is 23.8. The summed E-state index contributed by atoms with van der Waals surface area (Å²) in [5.74, 6) is -0.211. The lowest BCUT2D eigenvalue weighted by molar-refractivity contribution is 0.0971. The van der Waals surface area contributed by atoms with Crippen LogP contribution in [0.1, 0.15) is 15.9 Å². The standard InChI is InChI=1S/C24H19N3O3/c1-16-9-5-6-12-18(16)21(28)15-27-20-14-8-7-13-19(20)22(17-10-3-2-4-11-17)25-23(26-30)24(27)29/h2-14,30H,15H2,1H3. The molecule has 6 heteroatoms. The van der Waals surface area contributed by atoms with Crippen molar-refractivity contribution in [2.45, 2.75) is 13.5 Å². The van der Waals surface area contributed by atoms with Gasteiger partial charge in [-0.2, -0.15) is 0 Å². The molecule has 3 aromatic carbocycles. The maximum atomic E-state index is 13.1. The van der Waals surface area contributed by atoms with Crippen molar-refractivity contribution in [1.29, 1.82) is 0 Å². The molecule has 0 fully saturated rings. The van der Waals surface area contributed by atoms with Crippen LogP contribution in [0.15, 0.2) is 88.8 Å². The van der Waals surface area contributed by atoms with Gasteiger partial charge < -0.3 is 5.21 Å². The molecule has 0 saturated heterocycles. The molecular weight excluding hydrogens is 378 g/mol. The molecular formula is C24H19N3O3. The Bertz CT molecular complexity index is 1380. The number of carbonyl (C=O) groups is 1. The molecule has 0 unspecified atom stereocenters. The molecule has 1 aromatic heterocycles. The third-order valence-corrected chi connectivity index (χ3v) is 4.99. The Balaban J connectivity index is 2.02. The molecule has 0 amide bonds. The number of carbonyl (C=O) groups excluding carboxylic acids is 1. The normalized spacial score (nSPS) is 11.6. The highest BCUT2D eigenvalue weighted by atomic mass is 16.4. The van der Waals surface area contributed by atoms with Gasteiger partial charge in [0.2, 0.25) is 0 Å². The highest BCUT2D eigenvalue weighted by Crippen LogP contribution is 2.24. The van der Waals surface area contributed by atoms with Gasteiger partial charge >= 0.3 is 0 Å². The van der Waals surface area contributed by atoms with Gasteiger partial charge in [0.15, 0.2) is 5.78 Å². The Labute approximate surface area is 172 Å². The summed E-state index contributed by atoms with van der Waals surface area (Å²) < 4.78 is 1.32. The number of aryl methyl sites for hydroxylation is 1. The zero-order chi connectivity index (χ0) is 21.1. The molecule has 0 saturated carbocycles. The van der Waals surface area contributed by atoms with Crippen molar-refractivity contribution in [3.8, 4) is 11.3 Å². The van der Waals surface area contributed by atoms with Crippen LogP contribution in [0, 0.1) is 6.92 Å². The van der Waals surface area contributed by atoms with Gasteiger partial charge in [0, 0.05) is 16.5 Å². The summed E-state index contributed by atoms with van der Waals surface area (Å²) in [5.41, 5.74) is 2.16. The van der Waals surface area contributed by atoms with Crippen LogP contribution in [-0.4, -0.2) is 20.5 Å². The SMILES string of the molecule is Cc1ccccc1C(=O)Cn1c(=O)c(=NO)nc(-c2ccccc2)c2ccccc21. The number of para-hydroxylation sites is 1. The third-order valence-electron chi connectivity index (χ3n) is 4.99. The second-order valence-electron chi connectivity index (χ2n) is 6.90. The van der Waals surface area contributed by atoms with E-state index in [-0.39, 0.29) is 17.8 Å². The molecule has 0 aliphatic rings. The monoisotopic (exact) mass is 397 g/mol. The van der Waals surface area contributed by atoms with Crippen LogP contribution >= 0.6 is 0 Å². The fraction of sp³-hybridized carbons (Fsp3) is 0.0833. The van der Waals surface area contributed by atoms with E-state index in [1.165, 1.54) is 4.57 Å². The Morgan fingerprint density at radius 3 is 2.37 bits per heavy atom. The van der Waals surface area contributed by atoms with Gasteiger partial charge in [-0.25, -0.2) is 4.98 Å². The van der Waals surface area contributed by atoms with Crippen molar-refractivity contribution < 1.29 is 10.0 Å². The van der Waals surface area contributed by atoms with E-state index in [0.717, 1.165) is 11.1 Å². The van der Waals surface area contributed by atoms with E-state index in [4.69, 9.17) is 0 Å². The molecule has 4 aromatic rings. The smallest absolute Gasteiger partial charge is 0.299 e. The predicted molar refractivity (Wildman–Crippen MR) is 114 cm³/mol.